The van der Waals surface area contributed by atoms with E-state index in [1.807, 2.05) is 18.2 Å². The van der Waals surface area contributed by atoms with Crippen molar-refractivity contribution >= 4 is 11.6 Å². The van der Waals surface area contributed by atoms with Gasteiger partial charge in [-0.3, -0.25) is 4.79 Å². The van der Waals surface area contributed by atoms with Gasteiger partial charge in [0.15, 0.2) is 6.61 Å². The minimum Gasteiger partial charge on any atom is -0.482 e. The lowest BCUT2D eigenvalue weighted by Crippen LogP contribution is -2.25. The largest absolute Gasteiger partial charge is 0.482 e. The van der Waals surface area contributed by atoms with Crippen molar-refractivity contribution in [1.29, 1.82) is 0 Å². The van der Waals surface area contributed by atoms with Crippen molar-refractivity contribution in [2.75, 3.05) is 31.7 Å². The third-order valence-electron chi connectivity index (χ3n) is 2.88. The van der Waals surface area contributed by atoms with Crippen LogP contribution in [-0.4, -0.2) is 32.3 Å². The third-order valence-corrected chi connectivity index (χ3v) is 2.88. The molecule has 1 aliphatic rings. The molecule has 0 radical (unpaired) electrons. The van der Waals surface area contributed by atoms with Crippen LogP contribution in [0.1, 0.15) is 19.4 Å². The zero-order chi connectivity index (χ0) is 14.4. The molecule has 0 aromatic heterocycles. The van der Waals surface area contributed by atoms with Gasteiger partial charge in [-0.25, -0.2) is 0 Å². The molecule has 2 rings (SSSR count). The van der Waals surface area contributed by atoms with Gasteiger partial charge in [-0.15, -0.1) is 0 Å². The van der Waals surface area contributed by atoms with E-state index < -0.39 is 0 Å². The molecule has 1 aromatic carbocycles. The van der Waals surface area contributed by atoms with E-state index in [9.17, 15) is 4.79 Å². The Labute approximate surface area is 119 Å². The van der Waals surface area contributed by atoms with Gasteiger partial charge < -0.3 is 20.1 Å². The number of fused-ring (bicyclic) bond motifs is 1. The van der Waals surface area contributed by atoms with Crippen molar-refractivity contribution in [2.45, 2.75) is 20.4 Å². The predicted octanol–water partition coefficient (Wildman–Crippen LogP) is 1.78. The van der Waals surface area contributed by atoms with E-state index in [2.05, 4.69) is 24.5 Å². The molecule has 0 saturated heterocycles. The van der Waals surface area contributed by atoms with Gasteiger partial charge in [0.1, 0.15) is 5.75 Å². The molecule has 1 aromatic rings. The van der Waals surface area contributed by atoms with E-state index in [-0.39, 0.29) is 12.5 Å². The summed E-state index contributed by atoms with van der Waals surface area (Å²) in [6.07, 6.45) is 0. The Bertz CT molecular complexity index is 460. The Hall–Kier alpha value is -1.59. The van der Waals surface area contributed by atoms with Crippen LogP contribution in [-0.2, 0) is 16.1 Å². The molecule has 0 unspecified atom stereocenters. The first-order chi connectivity index (χ1) is 9.65. The van der Waals surface area contributed by atoms with Crippen molar-refractivity contribution < 1.29 is 14.3 Å². The molecule has 1 aliphatic heterocycles. The van der Waals surface area contributed by atoms with Gasteiger partial charge in [-0.2, -0.15) is 0 Å². The van der Waals surface area contributed by atoms with Crippen molar-refractivity contribution in [2.24, 2.45) is 5.92 Å². The standard InChI is InChI=1S/C15H22N2O3/c1-11(2)9-19-6-5-16-8-12-3-4-14-13(7-12)17-15(18)10-20-14/h3-4,7,11,16H,5-6,8-10H2,1-2H3,(H,17,18). The number of carbonyl (C=O) groups excluding carboxylic acids is 1. The number of hydrogen-bond acceptors (Lipinski definition) is 4. The van der Waals surface area contributed by atoms with Gasteiger partial charge in [0.2, 0.25) is 0 Å². The number of nitrogens with one attached hydrogen (secondary N) is 2. The van der Waals surface area contributed by atoms with Gasteiger partial charge in [0.05, 0.1) is 12.3 Å². The maximum atomic E-state index is 11.3. The molecular weight excluding hydrogens is 256 g/mol. The van der Waals surface area contributed by atoms with Crippen molar-refractivity contribution in [1.82, 2.24) is 5.32 Å². The fourth-order valence-corrected chi connectivity index (χ4v) is 1.94. The minimum atomic E-state index is -0.107. The van der Waals surface area contributed by atoms with Gasteiger partial charge in [-0.1, -0.05) is 19.9 Å². The number of amides is 1. The minimum absolute atomic E-state index is 0.0950. The molecule has 5 nitrogen and oxygen atoms in total. The Morgan fingerprint density at radius 3 is 3.10 bits per heavy atom. The second kappa shape index (κ2) is 7.26. The van der Waals surface area contributed by atoms with Gasteiger partial charge in [0.25, 0.3) is 5.91 Å². The maximum absolute atomic E-state index is 11.3. The van der Waals surface area contributed by atoms with Gasteiger partial charge in [0, 0.05) is 19.7 Å². The molecule has 5 heteroatoms. The highest BCUT2D eigenvalue weighted by Gasteiger charge is 2.15. The Balaban J connectivity index is 1.74. The van der Waals surface area contributed by atoms with Gasteiger partial charge >= 0.3 is 0 Å². The highest BCUT2D eigenvalue weighted by Crippen LogP contribution is 2.28. The first kappa shape index (κ1) is 14.8. The predicted molar refractivity (Wildman–Crippen MR) is 77.9 cm³/mol. The number of carbonyl (C=O) groups is 1. The van der Waals surface area contributed by atoms with Crippen molar-refractivity contribution in [3.8, 4) is 5.75 Å². The first-order valence-corrected chi connectivity index (χ1v) is 6.99. The summed E-state index contributed by atoms with van der Waals surface area (Å²) in [5, 5.41) is 6.12. The molecule has 0 fully saturated rings. The second-order valence-electron chi connectivity index (χ2n) is 5.31. The first-order valence-electron chi connectivity index (χ1n) is 6.99. The van der Waals surface area contributed by atoms with Crippen LogP contribution in [0.2, 0.25) is 0 Å². The second-order valence-corrected chi connectivity index (χ2v) is 5.31. The van der Waals surface area contributed by atoms with E-state index in [0.29, 0.717) is 12.5 Å². The summed E-state index contributed by atoms with van der Waals surface area (Å²) in [6.45, 7) is 7.43. The highest BCUT2D eigenvalue weighted by molar-refractivity contribution is 5.95. The van der Waals surface area contributed by atoms with E-state index in [1.165, 1.54) is 0 Å². The SMILES string of the molecule is CC(C)COCCNCc1ccc2c(c1)NC(=O)CO2. The molecule has 20 heavy (non-hydrogen) atoms. The number of rotatable bonds is 7. The lowest BCUT2D eigenvalue weighted by Gasteiger charge is -2.18. The number of benzene rings is 1. The molecule has 1 heterocycles. The number of anilines is 1. The summed E-state index contributed by atoms with van der Waals surface area (Å²) in [5.41, 5.74) is 1.86. The zero-order valence-electron chi connectivity index (χ0n) is 12.1. The Morgan fingerprint density at radius 1 is 1.45 bits per heavy atom. The highest BCUT2D eigenvalue weighted by atomic mass is 16.5. The summed E-state index contributed by atoms with van der Waals surface area (Å²) in [4.78, 5) is 11.3. The molecule has 1 amide bonds. The average molecular weight is 278 g/mol. The van der Waals surface area contributed by atoms with Crippen LogP contribution >= 0.6 is 0 Å². The smallest absolute Gasteiger partial charge is 0.262 e. The average Bonchev–Trinajstić information content (AvgIpc) is 2.42. The van der Waals surface area contributed by atoms with Crippen LogP contribution in [0.4, 0.5) is 5.69 Å². The lowest BCUT2D eigenvalue weighted by molar-refractivity contribution is -0.118. The van der Waals surface area contributed by atoms with E-state index in [0.717, 1.165) is 36.7 Å². The fraction of sp³-hybridized carbons (Fsp3) is 0.533. The summed E-state index contributed by atoms with van der Waals surface area (Å²) >= 11 is 0. The van der Waals surface area contributed by atoms with E-state index in [1.54, 1.807) is 0 Å². The fourth-order valence-electron chi connectivity index (χ4n) is 1.94. The Kier molecular flexibility index (Phi) is 5.38. The van der Waals surface area contributed by atoms with Gasteiger partial charge in [-0.05, 0) is 23.6 Å². The molecule has 0 bridgehead atoms. The van der Waals surface area contributed by atoms with E-state index in [4.69, 9.17) is 9.47 Å². The lowest BCUT2D eigenvalue weighted by atomic mass is 10.1. The quantitative estimate of drug-likeness (QED) is 0.746. The number of hydrogen-bond donors (Lipinski definition) is 2. The Morgan fingerprint density at radius 2 is 2.30 bits per heavy atom. The maximum Gasteiger partial charge on any atom is 0.262 e. The summed E-state index contributed by atoms with van der Waals surface area (Å²) in [7, 11) is 0. The summed E-state index contributed by atoms with van der Waals surface area (Å²) in [6, 6.07) is 5.83. The molecule has 2 N–H and O–H groups in total. The molecular formula is C15H22N2O3. The van der Waals surface area contributed by atoms with Crippen LogP contribution in [0, 0.1) is 5.92 Å². The monoisotopic (exact) mass is 278 g/mol. The molecule has 0 saturated carbocycles. The topological polar surface area (TPSA) is 59.6 Å². The zero-order valence-corrected chi connectivity index (χ0v) is 12.1. The molecule has 0 spiro atoms. The van der Waals surface area contributed by atoms with Crippen LogP contribution in [0.15, 0.2) is 18.2 Å². The molecule has 0 aliphatic carbocycles. The van der Waals surface area contributed by atoms with Crippen LogP contribution < -0.4 is 15.4 Å². The summed E-state index contributed by atoms with van der Waals surface area (Å²) < 4.78 is 10.8. The van der Waals surface area contributed by atoms with Crippen molar-refractivity contribution in [3.05, 3.63) is 23.8 Å². The number of ether oxygens (including phenoxy) is 2. The summed E-state index contributed by atoms with van der Waals surface area (Å²) in [5.74, 6) is 1.19. The third kappa shape index (κ3) is 4.51. The van der Waals surface area contributed by atoms with Crippen LogP contribution in [0.25, 0.3) is 0 Å². The molecule has 0 atom stereocenters. The van der Waals surface area contributed by atoms with Crippen molar-refractivity contribution in [3.63, 3.8) is 0 Å². The van der Waals surface area contributed by atoms with Crippen LogP contribution in [0.5, 0.6) is 5.75 Å². The normalized spacial score (nSPS) is 13.8. The van der Waals surface area contributed by atoms with E-state index >= 15 is 0 Å². The molecule has 110 valence electrons. The van der Waals surface area contributed by atoms with Crippen LogP contribution in [0.3, 0.4) is 0 Å².